The lowest BCUT2D eigenvalue weighted by molar-refractivity contribution is -0.122. The highest BCUT2D eigenvalue weighted by atomic mass is 32.1. The Bertz CT molecular complexity index is 478. The van der Waals surface area contributed by atoms with Crippen LogP contribution < -0.4 is 11.1 Å². The lowest BCUT2D eigenvalue weighted by atomic mass is 10.0. The predicted octanol–water partition coefficient (Wildman–Crippen LogP) is 2.25. The van der Waals surface area contributed by atoms with E-state index in [1.165, 1.54) is 25.7 Å². The number of carbonyl (C=O) groups is 1. The van der Waals surface area contributed by atoms with Crippen molar-refractivity contribution in [2.24, 2.45) is 11.7 Å². The number of nitrogens with one attached hydrogen (secondary N) is 1. The molecule has 1 heterocycles. The predicted molar refractivity (Wildman–Crippen MR) is 78.7 cm³/mol. The van der Waals surface area contributed by atoms with E-state index in [0.717, 1.165) is 10.4 Å². The zero-order valence-corrected chi connectivity index (χ0v) is 11.9. The summed E-state index contributed by atoms with van der Waals surface area (Å²) in [5.74, 6) is 6.64. The molecule has 0 aromatic carbocycles. The van der Waals surface area contributed by atoms with Crippen LogP contribution in [0.4, 0.5) is 0 Å². The topological polar surface area (TPSA) is 55.1 Å². The van der Waals surface area contributed by atoms with Crippen molar-refractivity contribution in [3.05, 3.63) is 21.9 Å². The fourth-order valence-electron chi connectivity index (χ4n) is 2.46. The second-order valence-electron chi connectivity index (χ2n) is 4.89. The highest BCUT2D eigenvalue weighted by Gasteiger charge is 2.18. The lowest BCUT2D eigenvalue weighted by Gasteiger charge is -2.09. The summed E-state index contributed by atoms with van der Waals surface area (Å²) in [6, 6.07) is 1.98. The molecule has 102 valence electrons. The van der Waals surface area contributed by atoms with Crippen molar-refractivity contribution in [1.82, 2.24) is 5.32 Å². The largest absolute Gasteiger partial charge is 0.351 e. The van der Waals surface area contributed by atoms with Gasteiger partial charge in [0.15, 0.2) is 0 Å². The van der Waals surface area contributed by atoms with Crippen LogP contribution in [-0.2, 0) is 11.3 Å². The Morgan fingerprint density at radius 3 is 3.00 bits per heavy atom. The molecule has 0 saturated heterocycles. The number of rotatable bonds is 4. The number of nitrogens with two attached hydrogens (primary N) is 1. The monoisotopic (exact) mass is 276 g/mol. The van der Waals surface area contributed by atoms with Crippen molar-refractivity contribution in [3.63, 3.8) is 0 Å². The first-order chi connectivity index (χ1) is 9.29. The van der Waals surface area contributed by atoms with Gasteiger partial charge in [-0.15, -0.1) is 11.3 Å². The van der Waals surface area contributed by atoms with Crippen LogP contribution in [0.15, 0.2) is 11.4 Å². The molecular formula is C15H20N2OS. The van der Waals surface area contributed by atoms with Gasteiger partial charge in [-0.1, -0.05) is 24.7 Å². The minimum atomic E-state index is 0.165. The van der Waals surface area contributed by atoms with Gasteiger partial charge in [-0.25, -0.2) is 0 Å². The maximum absolute atomic E-state index is 11.9. The number of amides is 1. The van der Waals surface area contributed by atoms with Crippen molar-refractivity contribution in [2.45, 2.75) is 38.6 Å². The number of thiophene rings is 1. The molecular weight excluding hydrogens is 256 g/mol. The van der Waals surface area contributed by atoms with Crippen LogP contribution in [-0.4, -0.2) is 12.5 Å². The molecule has 3 N–H and O–H groups in total. The van der Waals surface area contributed by atoms with Crippen molar-refractivity contribution in [3.8, 4) is 11.8 Å². The normalized spacial score (nSPS) is 15.0. The quantitative estimate of drug-likeness (QED) is 0.829. The van der Waals surface area contributed by atoms with Gasteiger partial charge in [0.25, 0.3) is 0 Å². The average Bonchev–Trinajstić information content (AvgIpc) is 3.05. The molecule has 2 rings (SSSR count). The van der Waals surface area contributed by atoms with Crippen LogP contribution in [0.25, 0.3) is 0 Å². The summed E-state index contributed by atoms with van der Waals surface area (Å²) >= 11 is 1.63. The first-order valence-corrected chi connectivity index (χ1v) is 7.69. The molecule has 0 radical (unpaired) electrons. The summed E-state index contributed by atoms with van der Waals surface area (Å²) in [4.78, 5) is 13.0. The van der Waals surface area contributed by atoms with Crippen LogP contribution in [0, 0.1) is 17.8 Å². The van der Waals surface area contributed by atoms with Crippen LogP contribution in [0.1, 0.15) is 42.5 Å². The van der Waals surface area contributed by atoms with E-state index in [0.29, 0.717) is 25.4 Å². The van der Waals surface area contributed by atoms with E-state index in [1.807, 2.05) is 11.4 Å². The van der Waals surface area contributed by atoms with E-state index in [1.54, 1.807) is 11.3 Å². The van der Waals surface area contributed by atoms with E-state index in [-0.39, 0.29) is 5.91 Å². The average molecular weight is 276 g/mol. The molecule has 1 amide bonds. The SMILES string of the molecule is NCC#Cc1ccsc1CNC(=O)CC1CCCC1. The molecule has 4 heteroatoms. The number of carbonyl (C=O) groups excluding carboxylic acids is 1. The Hall–Kier alpha value is -1.31. The zero-order chi connectivity index (χ0) is 13.5. The molecule has 1 fully saturated rings. The Balaban J connectivity index is 1.81. The molecule has 1 aliphatic rings. The summed E-state index contributed by atoms with van der Waals surface area (Å²) < 4.78 is 0. The first kappa shape index (κ1) is 14.1. The second-order valence-corrected chi connectivity index (χ2v) is 5.90. The second kappa shape index (κ2) is 7.32. The van der Waals surface area contributed by atoms with Gasteiger partial charge in [0, 0.05) is 16.9 Å². The third kappa shape index (κ3) is 4.38. The van der Waals surface area contributed by atoms with Gasteiger partial charge in [-0.05, 0) is 30.2 Å². The molecule has 19 heavy (non-hydrogen) atoms. The molecule has 0 bridgehead atoms. The summed E-state index contributed by atoms with van der Waals surface area (Å²) in [7, 11) is 0. The van der Waals surface area contributed by atoms with E-state index in [2.05, 4.69) is 17.2 Å². The molecule has 1 aromatic heterocycles. The van der Waals surface area contributed by atoms with Gasteiger partial charge >= 0.3 is 0 Å². The molecule has 1 saturated carbocycles. The van der Waals surface area contributed by atoms with E-state index in [4.69, 9.17) is 5.73 Å². The van der Waals surface area contributed by atoms with Gasteiger partial charge in [0.05, 0.1) is 13.1 Å². The van der Waals surface area contributed by atoms with Crippen LogP contribution in [0.5, 0.6) is 0 Å². The molecule has 1 aliphatic carbocycles. The Kier molecular flexibility index (Phi) is 5.44. The minimum Gasteiger partial charge on any atom is -0.351 e. The maximum atomic E-state index is 11.9. The van der Waals surface area contributed by atoms with Gasteiger partial charge < -0.3 is 11.1 Å². The van der Waals surface area contributed by atoms with E-state index >= 15 is 0 Å². The zero-order valence-electron chi connectivity index (χ0n) is 11.1. The highest BCUT2D eigenvalue weighted by Crippen LogP contribution is 2.27. The van der Waals surface area contributed by atoms with Crippen molar-refractivity contribution < 1.29 is 4.79 Å². The number of hydrogen-bond donors (Lipinski definition) is 2. The summed E-state index contributed by atoms with van der Waals surface area (Å²) in [5, 5.41) is 5.00. The molecule has 0 spiro atoms. The van der Waals surface area contributed by atoms with Gasteiger partial charge in [-0.3, -0.25) is 4.79 Å². The van der Waals surface area contributed by atoms with Gasteiger partial charge in [-0.2, -0.15) is 0 Å². The Labute approximate surface area is 118 Å². The van der Waals surface area contributed by atoms with Crippen LogP contribution >= 0.6 is 11.3 Å². The standard InChI is InChI=1S/C15H20N2OS/c16-8-3-6-13-7-9-19-14(13)11-17-15(18)10-12-4-1-2-5-12/h7,9,12H,1-2,4-5,8,10-11,16H2,(H,17,18). The Morgan fingerprint density at radius 2 is 2.26 bits per heavy atom. The fourth-order valence-corrected chi connectivity index (χ4v) is 3.23. The first-order valence-electron chi connectivity index (χ1n) is 6.81. The third-order valence-electron chi connectivity index (χ3n) is 3.47. The fraction of sp³-hybridized carbons (Fsp3) is 0.533. The summed E-state index contributed by atoms with van der Waals surface area (Å²) in [6.07, 6.45) is 5.65. The highest BCUT2D eigenvalue weighted by molar-refractivity contribution is 7.10. The molecule has 0 aliphatic heterocycles. The maximum Gasteiger partial charge on any atom is 0.220 e. The molecule has 0 unspecified atom stereocenters. The Morgan fingerprint density at radius 1 is 1.47 bits per heavy atom. The minimum absolute atomic E-state index is 0.165. The summed E-state index contributed by atoms with van der Waals surface area (Å²) in [6.45, 7) is 0.946. The summed E-state index contributed by atoms with van der Waals surface area (Å²) in [5.41, 5.74) is 6.35. The lowest BCUT2D eigenvalue weighted by Crippen LogP contribution is -2.24. The smallest absolute Gasteiger partial charge is 0.220 e. The third-order valence-corrected chi connectivity index (χ3v) is 4.39. The van der Waals surface area contributed by atoms with Crippen LogP contribution in [0.2, 0.25) is 0 Å². The molecule has 0 atom stereocenters. The van der Waals surface area contributed by atoms with Crippen molar-refractivity contribution >= 4 is 17.2 Å². The molecule has 3 nitrogen and oxygen atoms in total. The van der Waals surface area contributed by atoms with Crippen LogP contribution in [0.3, 0.4) is 0 Å². The van der Waals surface area contributed by atoms with Crippen molar-refractivity contribution in [1.29, 1.82) is 0 Å². The number of hydrogen-bond acceptors (Lipinski definition) is 3. The van der Waals surface area contributed by atoms with Gasteiger partial charge in [0.2, 0.25) is 5.91 Å². The van der Waals surface area contributed by atoms with Crippen molar-refractivity contribution in [2.75, 3.05) is 6.54 Å². The van der Waals surface area contributed by atoms with Gasteiger partial charge in [0.1, 0.15) is 0 Å². The van der Waals surface area contributed by atoms with E-state index in [9.17, 15) is 4.79 Å². The molecule has 1 aromatic rings. The van der Waals surface area contributed by atoms with E-state index < -0.39 is 0 Å².